The predicted molar refractivity (Wildman–Crippen MR) is 88.3 cm³/mol. The Kier molecular flexibility index (Phi) is 4.69. The Morgan fingerprint density at radius 3 is 2.74 bits per heavy atom. The van der Waals surface area contributed by atoms with Gasteiger partial charge in [0.1, 0.15) is 16.6 Å². The fourth-order valence-electron chi connectivity index (χ4n) is 1.96. The zero-order chi connectivity index (χ0) is 16.2. The maximum Gasteiger partial charge on any atom is 0.317 e. The van der Waals surface area contributed by atoms with Crippen molar-refractivity contribution in [2.75, 3.05) is 0 Å². The highest BCUT2D eigenvalue weighted by Crippen LogP contribution is 2.24. The highest BCUT2D eigenvalue weighted by molar-refractivity contribution is 7.13. The highest BCUT2D eigenvalue weighted by atomic mass is 35.5. The molecule has 2 aromatic carbocycles. The van der Waals surface area contributed by atoms with Crippen LogP contribution in [0, 0.1) is 5.82 Å². The molecule has 23 heavy (non-hydrogen) atoms. The van der Waals surface area contributed by atoms with Crippen molar-refractivity contribution >= 4 is 28.9 Å². The van der Waals surface area contributed by atoms with Gasteiger partial charge in [0.15, 0.2) is 0 Å². The van der Waals surface area contributed by atoms with E-state index in [2.05, 4.69) is 4.98 Å². The van der Waals surface area contributed by atoms with E-state index in [0.29, 0.717) is 16.5 Å². The molecule has 0 aliphatic carbocycles. The van der Waals surface area contributed by atoms with E-state index in [4.69, 9.17) is 16.3 Å². The summed E-state index contributed by atoms with van der Waals surface area (Å²) in [6.45, 7) is 0. The molecule has 0 aliphatic heterocycles. The number of thiazole rings is 1. The van der Waals surface area contributed by atoms with Crippen molar-refractivity contribution in [2.24, 2.45) is 0 Å². The second kappa shape index (κ2) is 6.89. The molecule has 3 rings (SSSR count). The molecule has 0 atom stereocenters. The number of hydrogen-bond acceptors (Lipinski definition) is 4. The van der Waals surface area contributed by atoms with E-state index in [0.717, 1.165) is 10.6 Å². The second-order valence-corrected chi connectivity index (χ2v) is 6.05. The molecule has 3 nitrogen and oxygen atoms in total. The highest BCUT2D eigenvalue weighted by Gasteiger charge is 2.11. The molecule has 0 amide bonds. The van der Waals surface area contributed by atoms with Gasteiger partial charge in [0, 0.05) is 16.0 Å². The normalized spacial score (nSPS) is 10.5. The summed E-state index contributed by atoms with van der Waals surface area (Å²) >= 11 is 7.24. The van der Waals surface area contributed by atoms with Gasteiger partial charge in [-0.15, -0.1) is 11.3 Å². The average Bonchev–Trinajstić information content (AvgIpc) is 2.96. The summed E-state index contributed by atoms with van der Waals surface area (Å²) in [6, 6.07) is 12.7. The summed E-state index contributed by atoms with van der Waals surface area (Å²) in [6.07, 6.45) is 0.0597. The average molecular weight is 348 g/mol. The van der Waals surface area contributed by atoms with Crippen LogP contribution in [-0.4, -0.2) is 11.0 Å². The van der Waals surface area contributed by atoms with Gasteiger partial charge >= 0.3 is 5.97 Å². The van der Waals surface area contributed by atoms with Crippen molar-refractivity contribution < 1.29 is 13.9 Å². The summed E-state index contributed by atoms with van der Waals surface area (Å²) in [5.41, 5.74) is 1.42. The Bertz CT molecular complexity index is 833. The summed E-state index contributed by atoms with van der Waals surface area (Å²) < 4.78 is 18.1. The van der Waals surface area contributed by atoms with Crippen LogP contribution in [0.15, 0.2) is 53.9 Å². The molecule has 0 unspecified atom stereocenters. The third-order valence-corrected chi connectivity index (χ3v) is 4.17. The largest absolute Gasteiger partial charge is 0.426 e. The summed E-state index contributed by atoms with van der Waals surface area (Å²) in [5.74, 6) is -0.310. The van der Waals surface area contributed by atoms with Crippen LogP contribution < -0.4 is 4.74 Å². The monoisotopic (exact) mass is 347 g/mol. The Morgan fingerprint density at radius 2 is 2.00 bits per heavy atom. The number of esters is 1. The third-order valence-electron chi connectivity index (χ3n) is 3.00. The SMILES string of the molecule is O=C(Cc1csc(-c2ccc(F)cc2)n1)Oc1cccc(Cl)c1. The Morgan fingerprint density at radius 1 is 1.22 bits per heavy atom. The van der Waals surface area contributed by atoms with Gasteiger partial charge in [-0.3, -0.25) is 4.79 Å². The van der Waals surface area contributed by atoms with E-state index in [1.54, 1.807) is 41.8 Å². The number of nitrogens with zero attached hydrogens (tertiary/aromatic N) is 1. The third kappa shape index (κ3) is 4.15. The van der Waals surface area contributed by atoms with Gasteiger partial charge in [0.25, 0.3) is 0 Å². The molecule has 0 aliphatic rings. The molecule has 0 fully saturated rings. The molecule has 0 spiro atoms. The first-order chi connectivity index (χ1) is 11.1. The Balaban J connectivity index is 1.66. The Hall–Kier alpha value is -2.24. The van der Waals surface area contributed by atoms with E-state index >= 15 is 0 Å². The first-order valence-corrected chi connectivity index (χ1v) is 8.02. The number of aromatic nitrogens is 1. The Labute approximate surface area is 141 Å². The topological polar surface area (TPSA) is 39.2 Å². The molecule has 116 valence electrons. The van der Waals surface area contributed by atoms with Crippen LogP contribution in [0.25, 0.3) is 10.6 Å². The van der Waals surface area contributed by atoms with Crippen LogP contribution in [-0.2, 0) is 11.2 Å². The lowest BCUT2D eigenvalue weighted by Gasteiger charge is -2.03. The van der Waals surface area contributed by atoms with Gasteiger partial charge in [-0.2, -0.15) is 0 Å². The predicted octanol–water partition coefficient (Wildman–Crippen LogP) is 4.75. The maximum atomic E-state index is 12.9. The van der Waals surface area contributed by atoms with Crippen LogP contribution >= 0.6 is 22.9 Å². The fraction of sp³-hybridized carbons (Fsp3) is 0.0588. The molecule has 0 saturated heterocycles. The number of ether oxygens (including phenoxy) is 1. The summed E-state index contributed by atoms with van der Waals surface area (Å²) in [7, 11) is 0. The number of carbonyl (C=O) groups excluding carboxylic acids is 1. The van der Waals surface area contributed by atoms with Crippen LogP contribution in [0.4, 0.5) is 4.39 Å². The summed E-state index contributed by atoms with van der Waals surface area (Å²) in [4.78, 5) is 16.3. The minimum Gasteiger partial charge on any atom is -0.426 e. The first kappa shape index (κ1) is 15.6. The van der Waals surface area contributed by atoms with Crippen molar-refractivity contribution in [3.8, 4) is 16.3 Å². The summed E-state index contributed by atoms with van der Waals surface area (Å²) in [5, 5.41) is 3.02. The van der Waals surface area contributed by atoms with Gasteiger partial charge in [-0.05, 0) is 42.5 Å². The van der Waals surface area contributed by atoms with Crippen molar-refractivity contribution in [3.63, 3.8) is 0 Å². The molecule has 1 aromatic heterocycles. The number of rotatable bonds is 4. The molecular weight excluding hydrogens is 337 g/mol. The van der Waals surface area contributed by atoms with Crippen LogP contribution in [0.2, 0.25) is 5.02 Å². The number of carbonyl (C=O) groups is 1. The molecule has 0 radical (unpaired) electrons. The van der Waals surface area contributed by atoms with Crippen LogP contribution in [0.1, 0.15) is 5.69 Å². The van der Waals surface area contributed by atoms with E-state index in [1.165, 1.54) is 23.5 Å². The van der Waals surface area contributed by atoms with Crippen molar-refractivity contribution in [3.05, 3.63) is 70.4 Å². The van der Waals surface area contributed by atoms with Crippen molar-refractivity contribution in [1.82, 2.24) is 4.98 Å². The minimum atomic E-state index is -0.414. The zero-order valence-corrected chi connectivity index (χ0v) is 13.4. The van der Waals surface area contributed by atoms with Crippen LogP contribution in [0.5, 0.6) is 5.75 Å². The number of benzene rings is 2. The van der Waals surface area contributed by atoms with E-state index < -0.39 is 5.97 Å². The van der Waals surface area contributed by atoms with Crippen molar-refractivity contribution in [1.29, 1.82) is 0 Å². The fourth-order valence-corrected chi connectivity index (χ4v) is 2.97. The quantitative estimate of drug-likeness (QED) is 0.505. The van der Waals surface area contributed by atoms with Crippen LogP contribution in [0.3, 0.4) is 0 Å². The molecule has 6 heteroatoms. The molecule has 0 saturated carbocycles. The molecule has 0 bridgehead atoms. The molecule has 0 N–H and O–H groups in total. The lowest BCUT2D eigenvalue weighted by molar-refractivity contribution is -0.133. The lowest BCUT2D eigenvalue weighted by Crippen LogP contribution is -2.11. The molecular formula is C17H11ClFNO2S. The van der Waals surface area contributed by atoms with E-state index in [-0.39, 0.29) is 12.2 Å². The second-order valence-electron chi connectivity index (χ2n) is 4.76. The lowest BCUT2D eigenvalue weighted by atomic mass is 10.2. The smallest absolute Gasteiger partial charge is 0.317 e. The van der Waals surface area contributed by atoms with Gasteiger partial charge in [-0.1, -0.05) is 17.7 Å². The minimum absolute atomic E-state index is 0.0597. The maximum absolute atomic E-state index is 12.9. The van der Waals surface area contributed by atoms with Gasteiger partial charge < -0.3 is 4.74 Å². The van der Waals surface area contributed by atoms with Gasteiger partial charge in [0.05, 0.1) is 12.1 Å². The van der Waals surface area contributed by atoms with Gasteiger partial charge in [0.2, 0.25) is 0 Å². The first-order valence-electron chi connectivity index (χ1n) is 6.77. The molecule has 3 aromatic rings. The standard InChI is InChI=1S/C17H11ClFNO2S/c18-12-2-1-3-15(8-12)22-16(21)9-14-10-23-17(20-14)11-4-6-13(19)7-5-11/h1-8,10H,9H2. The number of hydrogen-bond donors (Lipinski definition) is 0. The molecule has 1 heterocycles. The number of halogens is 2. The van der Waals surface area contributed by atoms with Gasteiger partial charge in [-0.25, -0.2) is 9.37 Å². The van der Waals surface area contributed by atoms with Crippen molar-refractivity contribution in [2.45, 2.75) is 6.42 Å². The zero-order valence-electron chi connectivity index (χ0n) is 11.8. The van der Waals surface area contributed by atoms with E-state index in [9.17, 15) is 9.18 Å². The van der Waals surface area contributed by atoms with E-state index in [1.807, 2.05) is 0 Å².